The summed E-state index contributed by atoms with van der Waals surface area (Å²) < 4.78 is 28.4. The summed E-state index contributed by atoms with van der Waals surface area (Å²) in [6.45, 7) is 3.32. The predicted molar refractivity (Wildman–Crippen MR) is 102 cm³/mol. The average molecular weight is 404 g/mol. The molecule has 0 aliphatic rings. The minimum Gasteiger partial charge on any atom is -0.480 e. The quantitative estimate of drug-likeness (QED) is 0.546. The maximum Gasteiger partial charge on any atom is 0.408 e. The zero-order valence-corrected chi connectivity index (χ0v) is 16.5. The molecule has 146 valence electrons. The minimum absolute atomic E-state index is 0.0552. The van der Waals surface area contributed by atoms with Crippen LogP contribution in [0.15, 0.2) is 30.3 Å². The number of alkyl carbamates (subject to hydrolysis) is 1. The third-order valence-corrected chi connectivity index (χ3v) is 7.07. The highest BCUT2D eigenvalue weighted by molar-refractivity contribution is 8.00. The number of nitrogens with one attached hydrogen (secondary N) is 1. The molecule has 9 heteroatoms. The molecule has 1 amide bonds. The molecular formula is C17H25NO6S2. The third kappa shape index (κ3) is 8.57. The first-order valence-corrected chi connectivity index (χ1v) is 11.1. The van der Waals surface area contributed by atoms with Crippen LogP contribution in [0.4, 0.5) is 4.79 Å². The number of amides is 1. The molecule has 0 spiro atoms. The summed E-state index contributed by atoms with van der Waals surface area (Å²) in [6.07, 6.45) is -0.615. The number of sulfone groups is 1. The van der Waals surface area contributed by atoms with Gasteiger partial charge in [0.1, 0.15) is 12.6 Å². The van der Waals surface area contributed by atoms with E-state index in [0.717, 1.165) is 5.56 Å². The number of aliphatic carboxylic acids is 1. The van der Waals surface area contributed by atoms with Gasteiger partial charge in [0, 0.05) is 5.75 Å². The Bertz CT molecular complexity index is 676. The van der Waals surface area contributed by atoms with E-state index in [1.165, 1.54) is 11.8 Å². The van der Waals surface area contributed by atoms with E-state index in [2.05, 4.69) is 5.32 Å². The third-order valence-electron chi connectivity index (χ3n) is 3.58. The van der Waals surface area contributed by atoms with Crippen LogP contribution < -0.4 is 5.32 Å². The molecule has 0 radical (unpaired) electrons. The second kappa shape index (κ2) is 11.1. The van der Waals surface area contributed by atoms with Crippen LogP contribution in [0, 0.1) is 0 Å². The lowest BCUT2D eigenvalue weighted by molar-refractivity contribution is -0.139. The predicted octanol–water partition coefficient (Wildman–Crippen LogP) is 2.31. The molecule has 0 saturated heterocycles. The Labute approximate surface area is 158 Å². The molecule has 0 aliphatic heterocycles. The van der Waals surface area contributed by atoms with Crippen LogP contribution in [-0.4, -0.2) is 54.1 Å². The molecule has 0 fully saturated rings. The molecule has 1 rings (SSSR count). The van der Waals surface area contributed by atoms with Gasteiger partial charge >= 0.3 is 12.1 Å². The number of carbonyl (C=O) groups excluding carboxylic acids is 1. The highest BCUT2D eigenvalue weighted by Gasteiger charge is 2.21. The van der Waals surface area contributed by atoms with Crippen molar-refractivity contribution < 1.29 is 27.9 Å². The van der Waals surface area contributed by atoms with Gasteiger partial charge in [-0.1, -0.05) is 30.3 Å². The van der Waals surface area contributed by atoms with Gasteiger partial charge in [-0.15, -0.1) is 0 Å². The van der Waals surface area contributed by atoms with E-state index in [1.807, 2.05) is 18.2 Å². The van der Waals surface area contributed by atoms with Crippen LogP contribution in [0.2, 0.25) is 0 Å². The van der Waals surface area contributed by atoms with Crippen molar-refractivity contribution in [1.82, 2.24) is 5.32 Å². The van der Waals surface area contributed by atoms with E-state index in [4.69, 9.17) is 4.74 Å². The molecular weight excluding hydrogens is 378 g/mol. The van der Waals surface area contributed by atoms with E-state index in [9.17, 15) is 23.1 Å². The summed E-state index contributed by atoms with van der Waals surface area (Å²) in [4.78, 5) is 23.0. The largest absolute Gasteiger partial charge is 0.480 e. The fourth-order valence-corrected chi connectivity index (χ4v) is 4.36. The standard InChI is InChI=1S/C17H25NO6S2/c1-13(2)26(22,23)11-10-25-9-8-15(16(19)20)18-17(21)24-12-14-6-4-3-5-7-14/h3-7,13,15H,8-12H2,1-2H3,(H,18,21)(H,19,20). The number of ether oxygens (including phenoxy) is 1. The van der Waals surface area contributed by atoms with Gasteiger partial charge in [-0.2, -0.15) is 11.8 Å². The van der Waals surface area contributed by atoms with Crippen LogP contribution in [0.5, 0.6) is 0 Å². The van der Waals surface area contributed by atoms with Crippen molar-refractivity contribution in [2.45, 2.75) is 38.2 Å². The molecule has 0 aliphatic carbocycles. The lowest BCUT2D eigenvalue weighted by Gasteiger charge is -2.14. The van der Waals surface area contributed by atoms with Gasteiger partial charge < -0.3 is 15.2 Å². The maximum atomic E-state index is 11.7. The second-order valence-electron chi connectivity index (χ2n) is 5.91. The Morgan fingerprint density at radius 1 is 1.19 bits per heavy atom. The van der Waals surface area contributed by atoms with E-state index >= 15 is 0 Å². The van der Waals surface area contributed by atoms with E-state index in [0.29, 0.717) is 11.5 Å². The molecule has 26 heavy (non-hydrogen) atoms. The van der Waals surface area contributed by atoms with Gasteiger partial charge in [-0.3, -0.25) is 0 Å². The number of hydrogen-bond donors (Lipinski definition) is 2. The Kier molecular flexibility index (Phi) is 9.50. The Balaban J connectivity index is 2.32. The van der Waals surface area contributed by atoms with Crippen molar-refractivity contribution in [1.29, 1.82) is 0 Å². The number of carbonyl (C=O) groups is 2. The van der Waals surface area contributed by atoms with Crippen molar-refractivity contribution in [3.05, 3.63) is 35.9 Å². The topological polar surface area (TPSA) is 110 Å². The number of carboxylic acids is 1. The van der Waals surface area contributed by atoms with Crippen molar-refractivity contribution in [2.24, 2.45) is 0 Å². The van der Waals surface area contributed by atoms with Gasteiger partial charge in [-0.25, -0.2) is 18.0 Å². The smallest absolute Gasteiger partial charge is 0.408 e. The van der Waals surface area contributed by atoms with Gasteiger partial charge in [0.15, 0.2) is 9.84 Å². The first-order chi connectivity index (χ1) is 12.2. The highest BCUT2D eigenvalue weighted by atomic mass is 32.2. The SMILES string of the molecule is CC(C)S(=O)(=O)CCSCCC(NC(=O)OCc1ccccc1)C(=O)O. The summed E-state index contributed by atoms with van der Waals surface area (Å²) >= 11 is 1.35. The first-order valence-electron chi connectivity index (χ1n) is 8.21. The molecule has 1 unspecified atom stereocenters. The first kappa shape index (κ1) is 22.3. The Hall–Kier alpha value is -1.74. The van der Waals surface area contributed by atoms with Crippen LogP contribution >= 0.6 is 11.8 Å². The van der Waals surface area contributed by atoms with Gasteiger partial charge in [-0.05, 0) is 31.6 Å². The molecule has 1 aromatic carbocycles. The van der Waals surface area contributed by atoms with Gasteiger partial charge in [0.25, 0.3) is 0 Å². The molecule has 7 nitrogen and oxygen atoms in total. The summed E-state index contributed by atoms with van der Waals surface area (Å²) in [5, 5.41) is 11.1. The second-order valence-corrected chi connectivity index (χ2v) is 9.82. The molecule has 1 aromatic rings. The molecule has 0 bridgehead atoms. The van der Waals surface area contributed by atoms with Gasteiger partial charge in [0.2, 0.25) is 0 Å². The fourth-order valence-electron chi connectivity index (χ4n) is 1.88. The number of carboxylic acid groups (broad SMARTS) is 1. The Morgan fingerprint density at radius 2 is 1.85 bits per heavy atom. The number of benzene rings is 1. The Morgan fingerprint density at radius 3 is 2.42 bits per heavy atom. The van der Waals surface area contributed by atoms with E-state index in [-0.39, 0.29) is 18.8 Å². The van der Waals surface area contributed by atoms with Crippen LogP contribution in [0.1, 0.15) is 25.8 Å². The lowest BCUT2D eigenvalue weighted by Crippen LogP contribution is -2.41. The van der Waals surface area contributed by atoms with Gasteiger partial charge in [0.05, 0.1) is 11.0 Å². The van der Waals surface area contributed by atoms with Crippen LogP contribution in [0.25, 0.3) is 0 Å². The van der Waals surface area contributed by atoms with E-state index in [1.54, 1.807) is 26.0 Å². The van der Waals surface area contributed by atoms with Crippen molar-refractivity contribution >= 4 is 33.7 Å². The number of hydrogen-bond acceptors (Lipinski definition) is 6. The van der Waals surface area contributed by atoms with Crippen molar-refractivity contribution in [3.63, 3.8) is 0 Å². The summed E-state index contributed by atoms with van der Waals surface area (Å²) in [7, 11) is -3.09. The molecule has 0 saturated carbocycles. The molecule has 1 atom stereocenters. The highest BCUT2D eigenvalue weighted by Crippen LogP contribution is 2.10. The van der Waals surface area contributed by atoms with Crippen molar-refractivity contribution in [3.8, 4) is 0 Å². The fraction of sp³-hybridized carbons (Fsp3) is 0.529. The molecule has 2 N–H and O–H groups in total. The lowest BCUT2D eigenvalue weighted by atomic mass is 10.2. The normalized spacial score (nSPS) is 12.6. The zero-order chi connectivity index (χ0) is 19.6. The monoisotopic (exact) mass is 403 g/mol. The summed E-state index contributed by atoms with van der Waals surface area (Å²) in [6, 6.07) is 7.98. The minimum atomic E-state index is -3.09. The van der Waals surface area contributed by atoms with Crippen LogP contribution in [-0.2, 0) is 26.0 Å². The molecule has 0 heterocycles. The number of rotatable bonds is 11. The maximum absolute atomic E-state index is 11.7. The summed E-state index contributed by atoms with van der Waals surface area (Å²) in [5.41, 5.74) is 0.802. The summed E-state index contributed by atoms with van der Waals surface area (Å²) in [5.74, 6) is -0.286. The number of thioether (sulfide) groups is 1. The van der Waals surface area contributed by atoms with E-state index < -0.39 is 33.2 Å². The zero-order valence-electron chi connectivity index (χ0n) is 14.9. The molecule has 0 aromatic heterocycles. The van der Waals surface area contributed by atoms with Crippen molar-refractivity contribution in [2.75, 3.05) is 17.3 Å². The van der Waals surface area contributed by atoms with Crippen LogP contribution in [0.3, 0.4) is 0 Å². The average Bonchev–Trinajstić information content (AvgIpc) is 2.59.